The van der Waals surface area contributed by atoms with Gasteiger partial charge in [-0.2, -0.15) is 0 Å². The number of carbonyl (C=O) groups is 1. The average Bonchev–Trinajstić information content (AvgIpc) is 3.12. The first-order chi connectivity index (χ1) is 12.6. The van der Waals surface area contributed by atoms with E-state index in [-0.39, 0.29) is 12.0 Å². The zero-order valence-corrected chi connectivity index (χ0v) is 16.1. The number of ether oxygens (including phenoxy) is 2. The number of hydrogen-bond acceptors (Lipinski definition) is 4. The Hall–Kier alpha value is -1.75. The SMILES string of the molecule is COc1ccc(CC[C@@H]2CCCCN2C(=O)[C@H]2CC[C@@H](N)C2)cc1OC. The molecule has 26 heavy (non-hydrogen) atoms. The molecule has 3 atom stereocenters. The van der Waals surface area contributed by atoms with Gasteiger partial charge in [0.25, 0.3) is 0 Å². The molecule has 2 fully saturated rings. The highest BCUT2D eigenvalue weighted by molar-refractivity contribution is 5.79. The zero-order valence-electron chi connectivity index (χ0n) is 16.1. The van der Waals surface area contributed by atoms with Gasteiger partial charge in [-0.25, -0.2) is 0 Å². The Morgan fingerprint density at radius 1 is 1.15 bits per heavy atom. The molecule has 5 heteroatoms. The van der Waals surface area contributed by atoms with Crippen molar-refractivity contribution in [2.75, 3.05) is 20.8 Å². The molecule has 1 amide bonds. The summed E-state index contributed by atoms with van der Waals surface area (Å²) in [4.78, 5) is 15.1. The Morgan fingerprint density at radius 2 is 1.96 bits per heavy atom. The van der Waals surface area contributed by atoms with E-state index in [0.29, 0.717) is 11.9 Å². The fraction of sp³-hybridized carbons (Fsp3) is 0.667. The third-order valence-electron chi connectivity index (χ3n) is 5.95. The average molecular weight is 360 g/mol. The maximum absolute atomic E-state index is 13.0. The molecule has 1 aromatic carbocycles. The summed E-state index contributed by atoms with van der Waals surface area (Å²) in [6.07, 6.45) is 8.19. The van der Waals surface area contributed by atoms with Crippen molar-refractivity contribution in [2.24, 2.45) is 11.7 Å². The fourth-order valence-corrected chi connectivity index (χ4v) is 4.44. The minimum atomic E-state index is 0.145. The molecule has 2 N–H and O–H groups in total. The molecule has 0 bridgehead atoms. The van der Waals surface area contributed by atoms with Crippen LogP contribution in [0.4, 0.5) is 0 Å². The van der Waals surface area contributed by atoms with Crippen LogP contribution in [0.1, 0.15) is 50.5 Å². The molecule has 1 heterocycles. The van der Waals surface area contributed by atoms with Crippen molar-refractivity contribution < 1.29 is 14.3 Å². The van der Waals surface area contributed by atoms with Crippen LogP contribution >= 0.6 is 0 Å². The van der Waals surface area contributed by atoms with E-state index in [1.54, 1.807) is 14.2 Å². The van der Waals surface area contributed by atoms with E-state index in [4.69, 9.17) is 15.2 Å². The molecule has 1 saturated carbocycles. The third kappa shape index (κ3) is 4.32. The summed E-state index contributed by atoms with van der Waals surface area (Å²) in [5, 5.41) is 0. The number of methoxy groups -OCH3 is 2. The van der Waals surface area contributed by atoms with Crippen LogP contribution in [0.3, 0.4) is 0 Å². The maximum atomic E-state index is 13.0. The van der Waals surface area contributed by atoms with E-state index in [1.807, 2.05) is 12.1 Å². The van der Waals surface area contributed by atoms with Crippen molar-refractivity contribution >= 4 is 5.91 Å². The molecule has 2 aliphatic rings. The Morgan fingerprint density at radius 3 is 2.65 bits per heavy atom. The smallest absolute Gasteiger partial charge is 0.225 e. The summed E-state index contributed by atoms with van der Waals surface area (Å²) in [7, 11) is 3.31. The number of aryl methyl sites for hydroxylation is 1. The number of likely N-dealkylation sites (tertiary alicyclic amines) is 1. The Balaban J connectivity index is 1.62. The van der Waals surface area contributed by atoms with Crippen LogP contribution in [0.5, 0.6) is 11.5 Å². The number of nitrogens with two attached hydrogens (primary N) is 1. The second-order valence-corrected chi connectivity index (χ2v) is 7.68. The molecule has 1 saturated heterocycles. The third-order valence-corrected chi connectivity index (χ3v) is 5.95. The number of carbonyl (C=O) groups excluding carboxylic acids is 1. The van der Waals surface area contributed by atoms with Crippen molar-refractivity contribution in [2.45, 2.75) is 63.5 Å². The van der Waals surface area contributed by atoms with Gasteiger partial charge in [0.1, 0.15) is 0 Å². The lowest BCUT2D eigenvalue weighted by molar-refractivity contribution is -0.139. The summed E-state index contributed by atoms with van der Waals surface area (Å²) >= 11 is 0. The van der Waals surface area contributed by atoms with Gasteiger partial charge in [0.2, 0.25) is 5.91 Å². The Kier molecular flexibility index (Phi) is 6.41. The molecule has 1 aliphatic carbocycles. The standard InChI is InChI=1S/C21H32N2O3/c1-25-19-11-7-15(13-20(19)26-2)6-10-18-5-3-4-12-23(18)21(24)16-8-9-17(22)14-16/h7,11,13,16-18H,3-6,8-10,12,14,22H2,1-2H3/t16-,17+,18-/m0/s1. The van der Waals surface area contributed by atoms with E-state index in [9.17, 15) is 4.79 Å². The minimum Gasteiger partial charge on any atom is -0.493 e. The Labute approximate surface area is 156 Å². The quantitative estimate of drug-likeness (QED) is 0.846. The Bertz CT molecular complexity index is 619. The molecular formula is C21H32N2O3. The highest BCUT2D eigenvalue weighted by atomic mass is 16.5. The molecule has 5 nitrogen and oxygen atoms in total. The van der Waals surface area contributed by atoms with Crippen LogP contribution in [0.25, 0.3) is 0 Å². The van der Waals surface area contributed by atoms with Crippen molar-refractivity contribution in [3.8, 4) is 11.5 Å². The van der Waals surface area contributed by atoms with Gasteiger partial charge in [0.15, 0.2) is 11.5 Å². The van der Waals surface area contributed by atoms with Crippen LogP contribution < -0.4 is 15.2 Å². The first-order valence-electron chi connectivity index (χ1n) is 9.89. The van der Waals surface area contributed by atoms with E-state index in [0.717, 1.165) is 63.0 Å². The fourth-order valence-electron chi connectivity index (χ4n) is 4.44. The van der Waals surface area contributed by atoms with Gasteiger partial charge < -0.3 is 20.1 Å². The molecule has 3 rings (SSSR count). The van der Waals surface area contributed by atoms with Crippen molar-refractivity contribution in [3.05, 3.63) is 23.8 Å². The molecular weight excluding hydrogens is 328 g/mol. The number of rotatable bonds is 6. The lowest BCUT2D eigenvalue weighted by Crippen LogP contribution is -2.46. The van der Waals surface area contributed by atoms with E-state index in [2.05, 4.69) is 11.0 Å². The van der Waals surface area contributed by atoms with Gasteiger partial charge in [0.05, 0.1) is 14.2 Å². The number of hydrogen-bond donors (Lipinski definition) is 1. The zero-order chi connectivity index (χ0) is 18.5. The summed E-state index contributed by atoms with van der Waals surface area (Å²) < 4.78 is 10.7. The highest BCUT2D eigenvalue weighted by Gasteiger charge is 2.34. The van der Waals surface area contributed by atoms with Gasteiger partial charge in [-0.3, -0.25) is 4.79 Å². The molecule has 144 valence electrons. The largest absolute Gasteiger partial charge is 0.493 e. The number of benzene rings is 1. The van der Waals surface area contributed by atoms with Crippen LogP contribution in [0.15, 0.2) is 18.2 Å². The van der Waals surface area contributed by atoms with Gasteiger partial charge in [-0.15, -0.1) is 0 Å². The second-order valence-electron chi connectivity index (χ2n) is 7.68. The van der Waals surface area contributed by atoms with E-state index < -0.39 is 0 Å². The normalized spacial score (nSPS) is 26.0. The summed E-state index contributed by atoms with van der Waals surface area (Å²) in [6, 6.07) is 6.65. The molecule has 0 radical (unpaired) electrons. The summed E-state index contributed by atoms with van der Waals surface area (Å²) in [5.41, 5.74) is 7.25. The molecule has 0 unspecified atom stereocenters. The lowest BCUT2D eigenvalue weighted by atomic mass is 9.93. The highest BCUT2D eigenvalue weighted by Crippen LogP contribution is 2.31. The van der Waals surface area contributed by atoms with E-state index in [1.165, 1.54) is 12.0 Å². The molecule has 0 spiro atoms. The number of nitrogens with zero attached hydrogens (tertiary/aromatic N) is 1. The molecule has 0 aromatic heterocycles. The monoisotopic (exact) mass is 360 g/mol. The van der Waals surface area contributed by atoms with Gasteiger partial charge >= 0.3 is 0 Å². The first kappa shape index (κ1) is 19.0. The lowest BCUT2D eigenvalue weighted by Gasteiger charge is -2.37. The van der Waals surface area contributed by atoms with Crippen LogP contribution in [-0.2, 0) is 11.2 Å². The van der Waals surface area contributed by atoms with E-state index >= 15 is 0 Å². The van der Waals surface area contributed by atoms with Gasteiger partial charge in [-0.05, 0) is 69.1 Å². The molecule has 1 aromatic rings. The molecule has 1 aliphatic heterocycles. The van der Waals surface area contributed by atoms with Crippen molar-refractivity contribution in [3.63, 3.8) is 0 Å². The van der Waals surface area contributed by atoms with Crippen molar-refractivity contribution in [1.82, 2.24) is 4.90 Å². The van der Waals surface area contributed by atoms with Gasteiger partial charge in [0, 0.05) is 24.5 Å². The second kappa shape index (κ2) is 8.76. The maximum Gasteiger partial charge on any atom is 0.225 e. The summed E-state index contributed by atoms with van der Waals surface area (Å²) in [6.45, 7) is 0.904. The topological polar surface area (TPSA) is 64.8 Å². The van der Waals surface area contributed by atoms with Crippen LogP contribution in [-0.4, -0.2) is 43.7 Å². The van der Waals surface area contributed by atoms with Gasteiger partial charge in [-0.1, -0.05) is 6.07 Å². The predicted molar refractivity (Wildman–Crippen MR) is 103 cm³/mol. The number of piperidine rings is 1. The predicted octanol–water partition coefficient (Wildman–Crippen LogP) is 3.14. The summed E-state index contributed by atoms with van der Waals surface area (Å²) in [5.74, 6) is 2.01. The van der Waals surface area contributed by atoms with Crippen LogP contribution in [0, 0.1) is 5.92 Å². The van der Waals surface area contributed by atoms with Crippen molar-refractivity contribution in [1.29, 1.82) is 0 Å². The minimum absolute atomic E-state index is 0.145. The first-order valence-corrected chi connectivity index (χ1v) is 9.89. The number of amides is 1. The van der Waals surface area contributed by atoms with Crippen LogP contribution in [0.2, 0.25) is 0 Å².